The van der Waals surface area contributed by atoms with Crippen LogP contribution < -0.4 is 10.6 Å². The topological polar surface area (TPSA) is 71.8 Å². The first-order chi connectivity index (χ1) is 15.3. The average Bonchev–Trinajstić information content (AvgIpc) is 3.25. The highest BCUT2D eigenvalue weighted by Crippen LogP contribution is 2.14. The highest BCUT2D eigenvalue weighted by atomic mass is 16.2. The van der Waals surface area contributed by atoms with Gasteiger partial charge in [-0.15, -0.1) is 5.10 Å². The van der Waals surface area contributed by atoms with Crippen molar-refractivity contribution >= 4 is 17.8 Å². The molecule has 0 unspecified atom stereocenters. The number of carbonyl (C=O) groups excluding carboxylic acids is 1. The second kappa shape index (κ2) is 10.2. The van der Waals surface area contributed by atoms with Gasteiger partial charge in [0, 0.05) is 19.5 Å². The van der Waals surface area contributed by atoms with Crippen LogP contribution in [0.1, 0.15) is 27.9 Å². The lowest BCUT2D eigenvalue weighted by Crippen LogP contribution is -2.17. The SMILES string of the molecule is O=C(CCc1ccccc1)n1nc(NCc2ccccc2)nc1NCc1ccccc1. The third kappa shape index (κ3) is 5.79. The highest BCUT2D eigenvalue weighted by Gasteiger charge is 2.16. The number of aromatic nitrogens is 3. The predicted octanol–water partition coefficient (Wildman–Crippen LogP) is 4.78. The molecule has 0 amide bonds. The zero-order valence-electron chi connectivity index (χ0n) is 17.2. The number of anilines is 2. The molecule has 156 valence electrons. The molecule has 3 aromatic carbocycles. The fourth-order valence-electron chi connectivity index (χ4n) is 3.23. The molecule has 6 nitrogen and oxygen atoms in total. The van der Waals surface area contributed by atoms with E-state index in [0.717, 1.165) is 16.7 Å². The second-order valence-electron chi connectivity index (χ2n) is 7.23. The summed E-state index contributed by atoms with van der Waals surface area (Å²) in [4.78, 5) is 17.5. The standard InChI is InChI=1S/C25H25N5O/c31-23(17-16-20-10-4-1-5-11-20)30-25(27-19-22-14-8-3-9-15-22)28-24(29-30)26-18-21-12-6-2-7-13-21/h1-15H,16-19H2,(H2,26,27,28,29). The van der Waals surface area contributed by atoms with E-state index < -0.39 is 0 Å². The Hall–Kier alpha value is -3.93. The molecule has 0 atom stereocenters. The Morgan fingerprint density at radius 1 is 0.710 bits per heavy atom. The van der Waals surface area contributed by atoms with Crippen molar-refractivity contribution in [1.29, 1.82) is 0 Å². The van der Waals surface area contributed by atoms with Gasteiger partial charge < -0.3 is 10.6 Å². The molecule has 1 heterocycles. The summed E-state index contributed by atoms with van der Waals surface area (Å²) in [7, 11) is 0. The monoisotopic (exact) mass is 411 g/mol. The lowest BCUT2D eigenvalue weighted by atomic mass is 10.1. The Balaban J connectivity index is 1.47. The smallest absolute Gasteiger partial charge is 0.250 e. The van der Waals surface area contributed by atoms with E-state index in [1.807, 2.05) is 91.0 Å². The first-order valence-electron chi connectivity index (χ1n) is 10.4. The van der Waals surface area contributed by atoms with Crippen LogP contribution in [0.15, 0.2) is 91.0 Å². The van der Waals surface area contributed by atoms with Gasteiger partial charge in [0.15, 0.2) is 0 Å². The summed E-state index contributed by atoms with van der Waals surface area (Å²) in [5, 5.41) is 10.9. The minimum absolute atomic E-state index is 0.0975. The molecule has 1 aromatic heterocycles. The number of hydrogen-bond acceptors (Lipinski definition) is 5. The summed E-state index contributed by atoms with van der Waals surface area (Å²) in [5.41, 5.74) is 3.35. The molecular weight excluding hydrogens is 386 g/mol. The van der Waals surface area contributed by atoms with Gasteiger partial charge in [0.05, 0.1) is 0 Å². The normalized spacial score (nSPS) is 10.6. The summed E-state index contributed by atoms with van der Waals surface area (Å²) in [6.07, 6.45) is 1.01. The second-order valence-corrected chi connectivity index (χ2v) is 7.23. The van der Waals surface area contributed by atoms with Crippen LogP contribution in [0, 0.1) is 0 Å². The summed E-state index contributed by atoms with van der Waals surface area (Å²) in [6, 6.07) is 30.0. The molecule has 0 bridgehead atoms. The number of nitrogens with zero attached hydrogens (tertiary/aromatic N) is 3. The van der Waals surface area contributed by atoms with E-state index in [4.69, 9.17) is 0 Å². The lowest BCUT2D eigenvalue weighted by Gasteiger charge is -2.07. The highest BCUT2D eigenvalue weighted by molar-refractivity contribution is 5.81. The molecule has 4 aromatic rings. The van der Waals surface area contributed by atoms with Crippen LogP contribution in [0.4, 0.5) is 11.9 Å². The van der Waals surface area contributed by atoms with Crippen LogP contribution in [-0.4, -0.2) is 20.7 Å². The number of aryl methyl sites for hydroxylation is 1. The number of carbonyl (C=O) groups is 1. The van der Waals surface area contributed by atoms with Gasteiger partial charge in [0.2, 0.25) is 17.8 Å². The summed E-state index contributed by atoms with van der Waals surface area (Å²) < 4.78 is 1.37. The minimum atomic E-state index is -0.0975. The molecule has 0 spiro atoms. The third-order valence-electron chi connectivity index (χ3n) is 4.90. The fourth-order valence-corrected chi connectivity index (χ4v) is 3.23. The van der Waals surface area contributed by atoms with Crippen molar-refractivity contribution in [3.63, 3.8) is 0 Å². The quantitative estimate of drug-likeness (QED) is 0.415. The van der Waals surface area contributed by atoms with Crippen molar-refractivity contribution < 1.29 is 4.79 Å². The van der Waals surface area contributed by atoms with Gasteiger partial charge in [0.1, 0.15) is 0 Å². The Morgan fingerprint density at radius 3 is 1.81 bits per heavy atom. The molecule has 0 aliphatic rings. The molecule has 0 saturated heterocycles. The molecule has 2 N–H and O–H groups in total. The Labute approximate surface area is 182 Å². The Bertz CT molecular complexity index is 1090. The molecule has 0 aliphatic heterocycles. The summed E-state index contributed by atoms with van der Waals surface area (Å²) in [6.45, 7) is 1.14. The van der Waals surface area contributed by atoms with Crippen molar-refractivity contribution in [3.05, 3.63) is 108 Å². The van der Waals surface area contributed by atoms with Gasteiger partial charge in [-0.1, -0.05) is 91.0 Å². The van der Waals surface area contributed by atoms with E-state index in [0.29, 0.717) is 37.8 Å². The van der Waals surface area contributed by atoms with Crippen molar-refractivity contribution in [3.8, 4) is 0 Å². The van der Waals surface area contributed by atoms with E-state index >= 15 is 0 Å². The van der Waals surface area contributed by atoms with Gasteiger partial charge in [-0.25, -0.2) is 0 Å². The van der Waals surface area contributed by atoms with Crippen molar-refractivity contribution in [2.45, 2.75) is 25.9 Å². The summed E-state index contributed by atoms with van der Waals surface area (Å²) >= 11 is 0. The van der Waals surface area contributed by atoms with Gasteiger partial charge in [-0.05, 0) is 23.1 Å². The summed E-state index contributed by atoms with van der Waals surface area (Å²) in [5.74, 6) is 0.768. The van der Waals surface area contributed by atoms with Crippen LogP contribution in [0.5, 0.6) is 0 Å². The van der Waals surface area contributed by atoms with Gasteiger partial charge in [-0.3, -0.25) is 4.79 Å². The van der Waals surface area contributed by atoms with Crippen molar-refractivity contribution in [2.24, 2.45) is 0 Å². The number of rotatable bonds is 9. The maximum Gasteiger partial charge on any atom is 0.250 e. The maximum atomic E-state index is 12.9. The molecule has 0 saturated carbocycles. The number of benzene rings is 3. The molecule has 0 radical (unpaired) electrons. The Kier molecular flexibility index (Phi) is 6.70. The predicted molar refractivity (Wildman–Crippen MR) is 123 cm³/mol. The first kappa shape index (κ1) is 20.3. The van der Waals surface area contributed by atoms with Gasteiger partial charge >= 0.3 is 0 Å². The van der Waals surface area contributed by atoms with Crippen LogP contribution in [0.3, 0.4) is 0 Å². The largest absolute Gasteiger partial charge is 0.350 e. The number of hydrogen-bond donors (Lipinski definition) is 2. The zero-order valence-corrected chi connectivity index (χ0v) is 17.2. The van der Waals surface area contributed by atoms with E-state index in [9.17, 15) is 4.79 Å². The maximum absolute atomic E-state index is 12.9. The van der Waals surface area contributed by atoms with Gasteiger partial charge in [-0.2, -0.15) is 9.67 Å². The molecule has 6 heteroatoms. The van der Waals surface area contributed by atoms with Gasteiger partial charge in [0.25, 0.3) is 0 Å². The minimum Gasteiger partial charge on any atom is -0.350 e. The number of nitrogens with one attached hydrogen (secondary N) is 2. The van der Waals surface area contributed by atoms with Crippen LogP contribution in [0.2, 0.25) is 0 Å². The third-order valence-corrected chi connectivity index (χ3v) is 4.90. The van der Waals surface area contributed by atoms with Crippen molar-refractivity contribution in [1.82, 2.24) is 14.8 Å². The lowest BCUT2D eigenvalue weighted by molar-refractivity contribution is 0.0890. The Morgan fingerprint density at radius 2 is 1.23 bits per heavy atom. The fraction of sp³-hybridized carbons (Fsp3) is 0.160. The first-order valence-corrected chi connectivity index (χ1v) is 10.4. The van der Waals surface area contributed by atoms with E-state index in [-0.39, 0.29) is 5.91 Å². The van der Waals surface area contributed by atoms with Crippen LogP contribution in [-0.2, 0) is 19.5 Å². The zero-order chi connectivity index (χ0) is 21.3. The average molecular weight is 412 g/mol. The van der Waals surface area contributed by atoms with E-state index in [1.165, 1.54) is 4.68 Å². The van der Waals surface area contributed by atoms with E-state index in [1.54, 1.807) is 0 Å². The molecule has 0 aliphatic carbocycles. The van der Waals surface area contributed by atoms with Crippen LogP contribution >= 0.6 is 0 Å². The van der Waals surface area contributed by atoms with Crippen molar-refractivity contribution in [2.75, 3.05) is 10.6 Å². The molecule has 0 fully saturated rings. The molecule has 4 rings (SSSR count). The molecular formula is C25H25N5O. The molecule has 31 heavy (non-hydrogen) atoms. The van der Waals surface area contributed by atoms with Crippen LogP contribution in [0.25, 0.3) is 0 Å². The van der Waals surface area contributed by atoms with E-state index in [2.05, 4.69) is 20.7 Å².